The molecule has 4 nitrogen and oxygen atoms in total. The molecular formula is C11H23N3O. The van der Waals surface area contributed by atoms with E-state index in [1.165, 1.54) is 0 Å². The predicted molar refractivity (Wildman–Crippen MR) is 61.6 cm³/mol. The first-order chi connectivity index (χ1) is 7.13. The fourth-order valence-corrected chi connectivity index (χ4v) is 1.84. The highest BCUT2D eigenvalue weighted by molar-refractivity contribution is 5.78. The maximum Gasteiger partial charge on any atom is 0.236 e. The molecule has 0 aromatic rings. The summed E-state index contributed by atoms with van der Waals surface area (Å²) in [7, 11) is 1.88. The van der Waals surface area contributed by atoms with Gasteiger partial charge in [-0.05, 0) is 12.8 Å². The molecule has 1 amide bonds. The summed E-state index contributed by atoms with van der Waals surface area (Å²) < 4.78 is 0. The van der Waals surface area contributed by atoms with Crippen LogP contribution in [0.5, 0.6) is 0 Å². The molecule has 1 rings (SSSR count). The van der Waals surface area contributed by atoms with Crippen LogP contribution in [-0.4, -0.2) is 55.0 Å². The van der Waals surface area contributed by atoms with E-state index in [-0.39, 0.29) is 11.9 Å². The number of amides is 1. The Balaban J connectivity index is 2.22. The lowest BCUT2D eigenvalue weighted by Gasteiger charge is -2.21. The highest BCUT2D eigenvalue weighted by atomic mass is 16.2. The van der Waals surface area contributed by atoms with E-state index in [0.717, 1.165) is 38.9 Å². The van der Waals surface area contributed by atoms with Crippen LogP contribution in [0, 0.1) is 0 Å². The summed E-state index contributed by atoms with van der Waals surface area (Å²) in [6.45, 7) is 5.38. The Morgan fingerprint density at radius 2 is 2.33 bits per heavy atom. The van der Waals surface area contributed by atoms with Gasteiger partial charge in [-0.3, -0.25) is 9.69 Å². The van der Waals surface area contributed by atoms with E-state index in [9.17, 15) is 4.79 Å². The van der Waals surface area contributed by atoms with Gasteiger partial charge in [-0.2, -0.15) is 0 Å². The molecule has 0 aromatic heterocycles. The van der Waals surface area contributed by atoms with Crippen LogP contribution in [0.3, 0.4) is 0 Å². The minimum atomic E-state index is 0.220. The molecule has 1 atom stereocenters. The summed E-state index contributed by atoms with van der Waals surface area (Å²) in [5, 5.41) is 0. The fraction of sp³-hybridized carbons (Fsp3) is 0.909. The van der Waals surface area contributed by atoms with Crippen molar-refractivity contribution in [3.63, 3.8) is 0 Å². The van der Waals surface area contributed by atoms with E-state index >= 15 is 0 Å². The van der Waals surface area contributed by atoms with E-state index < -0.39 is 0 Å². The van der Waals surface area contributed by atoms with Crippen molar-refractivity contribution < 1.29 is 4.79 Å². The standard InChI is InChI=1S/C11H23N3O/c1-3-4-6-13(2)11(15)9-14-7-5-10(12)8-14/h10H,3-9,12H2,1-2H3/t10-/m0/s1. The summed E-state index contributed by atoms with van der Waals surface area (Å²) >= 11 is 0. The summed E-state index contributed by atoms with van der Waals surface area (Å²) in [5.41, 5.74) is 5.79. The van der Waals surface area contributed by atoms with Crippen molar-refractivity contribution >= 4 is 5.91 Å². The molecule has 88 valence electrons. The normalized spacial score (nSPS) is 21.9. The number of nitrogens with zero attached hydrogens (tertiary/aromatic N) is 2. The second-order valence-electron chi connectivity index (χ2n) is 4.45. The first kappa shape index (κ1) is 12.5. The van der Waals surface area contributed by atoms with Gasteiger partial charge in [0.1, 0.15) is 0 Å². The highest BCUT2D eigenvalue weighted by Gasteiger charge is 2.22. The quantitative estimate of drug-likeness (QED) is 0.713. The maximum absolute atomic E-state index is 11.8. The molecule has 1 aliphatic rings. The van der Waals surface area contributed by atoms with Gasteiger partial charge in [0.05, 0.1) is 6.54 Å². The summed E-state index contributed by atoms with van der Waals surface area (Å²) in [6.07, 6.45) is 3.24. The molecular weight excluding hydrogens is 190 g/mol. The first-order valence-corrected chi connectivity index (χ1v) is 5.85. The van der Waals surface area contributed by atoms with Crippen molar-refractivity contribution in [1.82, 2.24) is 9.80 Å². The summed E-state index contributed by atoms with van der Waals surface area (Å²) in [6, 6.07) is 0.263. The predicted octanol–water partition coefficient (Wildman–Crippen LogP) is 0.278. The van der Waals surface area contributed by atoms with Gasteiger partial charge in [-0.1, -0.05) is 13.3 Å². The van der Waals surface area contributed by atoms with Crippen molar-refractivity contribution in [2.24, 2.45) is 5.73 Å². The SMILES string of the molecule is CCCCN(C)C(=O)CN1CC[C@H](N)C1. The zero-order valence-corrected chi connectivity index (χ0v) is 9.91. The Morgan fingerprint density at radius 3 is 2.87 bits per heavy atom. The smallest absolute Gasteiger partial charge is 0.236 e. The molecule has 0 aliphatic carbocycles. The van der Waals surface area contributed by atoms with Crippen molar-refractivity contribution in [3.8, 4) is 0 Å². The van der Waals surface area contributed by atoms with Crippen LogP contribution < -0.4 is 5.73 Å². The van der Waals surface area contributed by atoms with Crippen molar-refractivity contribution in [3.05, 3.63) is 0 Å². The van der Waals surface area contributed by atoms with Crippen LogP contribution in [0.4, 0.5) is 0 Å². The number of hydrogen-bond acceptors (Lipinski definition) is 3. The summed E-state index contributed by atoms with van der Waals surface area (Å²) in [4.78, 5) is 15.7. The second kappa shape index (κ2) is 6.08. The number of rotatable bonds is 5. The maximum atomic E-state index is 11.8. The number of carbonyl (C=O) groups is 1. The largest absolute Gasteiger partial charge is 0.345 e. The number of hydrogen-bond donors (Lipinski definition) is 1. The van der Waals surface area contributed by atoms with Gasteiger partial charge in [0.2, 0.25) is 5.91 Å². The topological polar surface area (TPSA) is 49.6 Å². The third kappa shape index (κ3) is 4.18. The number of unbranched alkanes of at least 4 members (excludes halogenated alkanes) is 1. The first-order valence-electron chi connectivity index (χ1n) is 5.85. The number of likely N-dealkylation sites (tertiary alicyclic amines) is 1. The molecule has 1 aliphatic heterocycles. The Kier molecular flexibility index (Phi) is 5.05. The van der Waals surface area contributed by atoms with Crippen molar-refractivity contribution in [2.75, 3.05) is 33.2 Å². The average Bonchev–Trinajstić information content (AvgIpc) is 2.60. The third-order valence-corrected chi connectivity index (χ3v) is 2.94. The summed E-state index contributed by atoms with van der Waals surface area (Å²) in [5.74, 6) is 0.220. The lowest BCUT2D eigenvalue weighted by molar-refractivity contribution is -0.130. The van der Waals surface area contributed by atoms with Crippen LogP contribution in [0.1, 0.15) is 26.2 Å². The molecule has 0 spiro atoms. The number of carbonyl (C=O) groups excluding carboxylic acids is 1. The van der Waals surface area contributed by atoms with E-state index in [0.29, 0.717) is 6.54 Å². The van der Waals surface area contributed by atoms with Crippen LogP contribution >= 0.6 is 0 Å². The Hall–Kier alpha value is -0.610. The van der Waals surface area contributed by atoms with E-state index in [2.05, 4.69) is 11.8 Å². The minimum Gasteiger partial charge on any atom is -0.345 e. The molecule has 4 heteroatoms. The molecule has 15 heavy (non-hydrogen) atoms. The molecule has 0 aromatic carbocycles. The molecule has 0 saturated carbocycles. The fourth-order valence-electron chi connectivity index (χ4n) is 1.84. The third-order valence-electron chi connectivity index (χ3n) is 2.94. The van der Waals surface area contributed by atoms with Crippen molar-refractivity contribution in [1.29, 1.82) is 0 Å². The zero-order chi connectivity index (χ0) is 11.3. The van der Waals surface area contributed by atoms with Crippen LogP contribution in [0.2, 0.25) is 0 Å². The molecule has 1 fully saturated rings. The van der Waals surface area contributed by atoms with E-state index in [1.54, 1.807) is 0 Å². The molecule has 0 bridgehead atoms. The molecule has 1 saturated heterocycles. The number of likely N-dealkylation sites (N-methyl/N-ethyl adjacent to an activating group) is 1. The van der Waals surface area contributed by atoms with Crippen LogP contribution in [-0.2, 0) is 4.79 Å². The Morgan fingerprint density at radius 1 is 1.60 bits per heavy atom. The van der Waals surface area contributed by atoms with Gasteiger partial charge in [0, 0.05) is 32.7 Å². The minimum absolute atomic E-state index is 0.220. The monoisotopic (exact) mass is 213 g/mol. The highest BCUT2D eigenvalue weighted by Crippen LogP contribution is 2.06. The second-order valence-corrected chi connectivity index (χ2v) is 4.45. The Bertz CT molecular complexity index is 208. The van der Waals surface area contributed by atoms with Gasteiger partial charge in [-0.25, -0.2) is 0 Å². The molecule has 2 N–H and O–H groups in total. The van der Waals surface area contributed by atoms with Gasteiger partial charge in [0.25, 0.3) is 0 Å². The molecule has 0 unspecified atom stereocenters. The van der Waals surface area contributed by atoms with E-state index in [1.807, 2.05) is 11.9 Å². The van der Waals surface area contributed by atoms with Crippen molar-refractivity contribution in [2.45, 2.75) is 32.2 Å². The lowest BCUT2D eigenvalue weighted by atomic mass is 10.3. The molecule has 0 radical (unpaired) electrons. The van der Waals surface area contributed by atoms with E-state index in [4.69, 9.17) is 5.73 Å². The lowest BCUT2D eigenvalue weighted by Crippen LogP contribution is -2.38. The van der Waals surface area contributed by atoms with Crippen LogP contribution in [0.15, 0.2) is 0 Å². The Labute approximate surface area is 92.4 Å². The van der Waals surface area contributed by atoms with Gasteiger partial charge in [0.15, 0.2) is 0 Å². The van der Waals surface area contributed by atoms with Gasteiger partial charge < -0.3 is 10.6 Å². The number of nitrogens with two attached hydrogens (primary N) is 1. The average molecular weight is 213 g/mol. The molecule has 1 heterocycles. The zero-order valence-electron chi connectivity index (χ0n) is 9.91. The van der Waals surface area contributed by atoms with Gasteiger partial charge in [-0.15, -0.1) is 0 Å². The van der Waals surface area contributed by atoms with Gasteiger partial charge >= 0.3 is 0 Å². The van der Waals surface area contributed by atoms with Crippen LogP contribution in [0.25, 0.3) is 0 Å².